The number of ketones is 1. The number of Topliss-reactive ketones (excluding diaryl/α,β-unsaturated/α-hetero) is 1. The topological polar surface area (TPSA) is 89.0 Å². The fraction of sp³-hybridized carbons (Fsp3) is 0.147. The van der Waals surface area contributed by atoms with Gasteiger partial charge in [-0.2, -0.15) is 0 Å². The number of aryl methyl sites for hydroxylation is 2. The molecule has 1 fully saturated rings. The molecule has 1 aliphatic rings. The number of methoxy groups -OCH3 is 1. The van der Waals surface area contributed by atoms with Gasteiger partial charge in [0.05, 0.1) is 28.9 Å². The number of aliphatic hydroxyl groups is 1. The molecular weight excluding hydrogens is 548 g/mol. The van der Waals surface area contributed by atoms with Crippen LogP contribution >= 0.6 is 11.3 Å². The number of carbonyl (C=O) groups excluding carboxylic acids is 2. The summed E-state index contributed by atoms with van der Waals surface area (Å²) in [6.07, 6.45) is 0. The lowest BCUT2D eigenvalue weighted by Gasteiger charge is -2.23. The number of carbonyl (C=O) groups is 2. The minimum atomic E-state index is -0.883. The number of nitrogens with zero attached hydrogens (tertiary/aromatic N) is 2. The van der Waals surface area contributed by atoms with Crippen LogP contribution in [0, 0.1) is 13.8 Å². The molecule has 5 aromatic rings. The van der Waals surface area contributed by atoms with Crippen molar-refractivity contribution in [3.05, 3.63) is 124 Å². The van der Waals surface area contributed by atoms with Crippen LogP contribution in [0.4, 0.5) is 5.13 Å². The fourth-order valence-electron chi connectivity index (χ4n) is 5.10. The summed E-state index contributed by atoms with van der Waals surface area (Å²) < 4.78 is 12.2. The maximum Gasteiger partial charge on any atom is 0.301 e. The van der Waals surface area contributed by atoms with Gasteiger partial charge in [-0.05, 0) is 78.6 Å². The average molecular weight is 577 g/mol. The van der Waals surface area contributed by atoms with E-state index in [1.54, 1.807) is 49.6 Å². The second-order valence-corrected chi connectivity index (χ2v) is 11.2. The van der Waals surface area contributed by atoms with Gasteiger partial charge < -0.3 is 14.6 Å². The quantitative estimate of drug-likeness (QED) is 0.126. The maximum atomic E-state index is 13.6. The van der Waals surface area contributed by atoms with Crippen molar-refractivity contribution in [1.82, 2.24) is 4.98 Å². The molecule has 1 atom stereocenters. The third-order valence-corrected chi connectivity index (χ3v) is 8.32. The SMILES string of the molecule is COc1ccc(C2/C(=C(\O)c3ccc(OCc4ccccc4)c(C)c3)C(=O)C(=O)N2c2nc3ccc(C)cc3s2)cc1. The van der Waals surface area contributed by atoms with E-state index < -0.39 is 17.7 Å². The van der Waals surface area contributed by atoms with Gasteiger partial charge in [-0.1, -0.05) is 59.9 Å². The van der Waals surface area contributed by atoms with Gasteiger partial charge in [-0.15, -0.1) is 0 Å². The summed E-state index contributed by atoms with van der Waals surface area (Å²) in [5.41, 5.74) is 4.68. The molecule has 8 heteroatoms. The van der Waals surface area contributed by atoms with Crippen LogP contribution in [0.1, 0.15) is 33.9 Å². The molecule has 1 saturated heterocycles. The number of hydrogen-bond donors (Lipinski definition) is 1. The summed E-state index contributed by atoms with van der Waals surface area (Å²) in [5.74, 6) is -0.481. The number of aromatic nitrogens is 1. The van der Waals surface area contributed by atoms with Crippen LogP contribution < -0.4 is 14.4 Å². The number of ether oxygens (including phenoxy) is 2. The van der Waals surface area contributed by atoms with Gasteiger partial charge in [0.25, 0.3) is 5.78 Å². The first kappa shape index (κ1) is 27.2. The zero-order valence-electron chi connectivity index (χ0n) is 23.3. The zero-order chi connectivity index (χ0) is 29.4. The first-order chi connectivity index (χ1) is 20.3. The number of benzene rings is 4. The molecule has 1 aliphatic heterocycles. The Bertz CT molecular complexity index is 1840. The van der Waals surface area contributed by atoms with Crippen LogP contribution in [0.15, 0.2) is 96.6 Å². The number of hydrogen-bond acceptors (Lipinski definition) is 7. The molecule has 4 aromatic carbocycles. The lowest BCUT2D eigenvalue weighted by atomic mass is 9.95. The molecule has 1 N–H and O–H groups in total. The van der Waals surface area contributed by atoms with Crippen LogP contribution in [0.3, 0.4) is 0 Å². The van der Waals surface area contributed by atoms with E-state index >= 15 is 0 Å². The maximum absolute atomic E-state index is 13.6. The van der Waals surface area contributed by atoms with E-state index in [2.05, 4.69) is 0 Å². The molecule has 42 heavy (non-hydrogen) atoms. The third kappa shape index (κ3) is 5.01. The Kier molecular flexibility index (Phi) is 7.22. The van der Waals surface area contributed by atoms with Gasteiger partial charge >= 0.3 is 5.91 Å². The smallest absolute Gasteiger partial charge is 0.301 e. The van der Waals surface area contributed by atoms with E-state index in [0.717, 1.165) is 26.9 Å². The number of thiazole rings is 1. The highest BCUT2D eigenvalue weighted by Gasteiger charge is 2.48. The molecule has 1 aromatic heterocycles. The van der Waals surface area contributed by atoms with E-state index in [1.807, 2.05) is 62.4 Å². The monoisotopic (exact) mass is 576 g/mol. The Morgan fingerprint density at radius 1 is 0.952 bits per heavy atom. The lowest BCUT2D eigenvalue weighted by Crippen LogP contribution is -2.29. The van der Waals surface area contributed by atoms with Gasteiger partial charge in [-0.25, -0.2) is 4.98 Å². The summed E-state index contributed by atoms with van der Waals surface area (Å²) in [7, 11) is 1.57. The number of amides is 1. The molecule has 0 aliphatic carbocycles. The molecule has 0 spiro atoms. The Morgan fingerprint density at radius 3 is 2.43 bits per heavy atom. The Morgan fingerprint density at radius 2 is 1.71 bits per heavy atom. The first-order valence-electron chi connectivity index (χ1n) is 13.4. The van der Waals surface area contributed by atoms with Gasteiger partial charge in [0.15, 0.2) is 5.13 Å². The molecule has 2 heterocycles. The highest BCUT2D eigenvalue weighted by Crippen LogP contribution is 2.45. The van der Waals surface area contributed by atoms with Gasteiger partial charge in [-0.3, -0.25) is 14.5 Å². The van der Waals surface area contributed by atoms with Crippen molar-refractivity contribution < 1.29 is 24.2 Å². The van der Waals surface area contributed by atoms with Crippen molar-refractivity contribution >= 4 is 44.1 Å². The van der Waals surface area contributed by atoms with E-state index in [1.165, 1.54) is 16.2 Å². The lowest BCUT2D eigenvalue weighted by molar-refractivity contribution is -0.132. The molecule has 0 radical (unpaired) electrons. The molecular formula is C34H28N2O5S. The van der Waals surface area contributed by atoms with Crippen LogP contribution in [0.5, 0.6) is 11.5 Å². The molecule has 0 bridgehead atoms. The Balaban J connectivity index is 1.42. The molecule has 6 rings (SSSR count). The normalized spacial score (nSPS) is 16.3. The summed E-state index contributed by atoms with van der Waals surface area (Å²) in [5, 5.41) is 12.0. The molecule has 1 unspecified atom stereocenters. The van der Waals surface area contributed by atoms with Crippen LogP contribution in [-0.4, -0.2) is 28.9 Å². The zero-order valence-corrected chi connectivity index (χ0v) is 24.1. The van der Waals surface area contributed by atoms with Gasteiger partial charge in [0, 0.05) is 5.56 Å². The summed E-state index contributed by atoms with van der Waals surface area (Å²) in [6.45, 7) is 4.26. The van der Waals surface area contributed by atoms with Crippen molar-refractivity contribution in [2.24, 2.45) is 0 Å². The number of anilines is 1. The van der Waals surface area contributed by atoms with Gasteiger partial charge in [0.1, 0.15) is 23.9 Å². The van der Waals surface area contributed by atoms with E-state index in [9.17, 15) is 14.7 Å². The van der Waals surface area contributed by atoms with E-state index in [-0.39, 0.29) is 11.3 Å². The summed E-state index contributed by atoms with van der Waals surface area (Å²) in [6, 6.07) is 27.1. The third-order valence-electron chi connectivity index (χ3n) is 7.30. The Hall–Kier alpha value is -4.95. The van der Waals surface area contributed by atoms with E-state index in [0.29, 0.717) is 34.4 Å². The van der Waals surface area contributed by atoms with Crippen LogP contribution in [0.2, 0.25) is 0 Å². The fourth-order valence-corrected chi connectivity index (χ4v) is 6.19. The largest absolute Gasteiger partial charge is 0.507 e. The van der Waals surface area contributed by atoms with Crippen molar-refractivity contribution in [3.8, 4) is 11.5 Å². The predicted molar refractivity (Wildman–Crippen MR) is 164 cm³/mol. The van der Waals surface area contributed by atoms with Crippen LogP contribution in [0.25, 0.3) is 16.0 Å². The molecule has 7 nitrogen and oxygen atoms in total. The van der Waals surface area contributed by atoms with Crippen molar-refractivity contribution in [2.75, 3.05) is 12.0 Å². The second kappa shape index (κ2) is 11.1. The molecule has 1 amide bonds. The first-order valence-corrected chi connectivity index (χ1v) is 14.3. The molecule has 210 valence electrons. The average Bonchev–Trinajstić information content (AvgIpc) is 3.54. The number of rotatable bonds is 7. The summed E-state index contributed by atoms with van der Waals surface area (Å²) >= 11 is 1.33. The standard InChI is InChI=1S/C34H28N2O5S/c1-20-9-15-26-28(17-20)42-34(35-26)36-30(23-10-13-25(40-3)14-11-23)29(32(38)33(36)39)31(37)24-12-16-27(21(2)18-24)41-19-22-7-5-4-6-8-22/h4-18,30,37H,19H2,1-3H3/b31-29+. The van der Waals surface area contributed by atoms with Gasteiger partial charge in [0.2, 0.25) is 0 Å². The van der Waals surface area contributed by atoms with Crippen LogP contribution in [-0.2, 0) is 16.2 Å². The molecule has 0 saturated carbocycles. The Labute approximate surface area is 247 Å². The second-order valence-electron chi connectivity index (χ2n) is 10.2. The highest BCUT2D eigenvalue weighted by molar-refractivity contribution is 7.22. The number of aliphatic hydroxyl groups excluding tert-OH is 1. The van der Waals surface area contributed by atoms with E-state index in [4.69, 9.17) is 14.5 Å². The predicted octanol–water partition coefficient (Wildman–Crippen LogP) is 7.13. The minimum absolute atomic E-state index is 0.00189. The minimum Gasteiger partial charge on any atom is -0.507 e. The number of fused-ring (bicyclic) bond motifs is 1. The van der Waals surface area contributed by atoms with Crippen molar-refractivity contribution in [3.63, 3.8) is 0 Å². The van der Waals surface area contributed by atoms with Crippen molar-refractivity contribution in [2.45, 2.75) is 26.5 Å². The van der Waals surface area contributed by atoms with Crippen molar-refractivity contribution in [1.29, 1.82) is 0 Å². The summed E-state index contributed by atoms with van der Waals surface area (Å²) in [4.78, 5) is 33.3. The highest BCUT2D eigenvalue weighted by atomic mass is 32.1.